The summed E-state index contributed by atoms with van der Waals surface area (Å²) in [4.78, 5) is 23.7. The zero-order valence-corrected chi connectivity index (χ0v) is 44.0. The van der Waals surface area contributed by atoms with Crippen LogP contribution in [0.4, 0.5) is 17.1 Å². The molecule has 0 aromatic heterocycles. The molecule has 0 aliphatic carbocycles. The van der Waals surface area contributed by atoms with Crippen LogP contribution in [-0.4, -0.2) is 22.9 Å². The van der Waals surface area contributed by atoms with Gasteiger partial charge in [0.1, 0.15) is 0 Å². The van der Waals surface area contributed by atoms with E-state index in [0.29, 0.717) is 5.56 Å². The molecule has 69 heavy (non-hydrogen) atoms. The number of rotatable bonds is 45. The summed E-state index contributed by atoms with van der Waals surface area (Å²) in [7, 11) is 0. The van der Waals surface area contributed by atoms with Crippen LogP contribution < -0.4 is 4.90 Å². The van der Waals surface area contributed by atoms with Crippen molar-refractivity contribution in [3.8, 4) is 0 Å². The normalized spacial score (nSPS) is 11.6. The fourth-order valence-electron chi connectivity index (χ4n) is 9.62. The van der Waals surface area contributed by atoms with Gasteiger partial charge in [-0.05, 0) is 53.3 Å². The van der Waals surface area contributed by atoms with E-state index in [2.05, 4.69) is 55.2 Å². The van der Waals surface area contributed by atoms with Crippen molar-refractivity contribution >= 4 is 41.4 Å². The van der Waals surface area contributed by atoms with Gasteiger partial charge in [0.05, 0.1) is 9.85 Å². The highest BCUT2D eigenvalue weighted by Crippen LogP contribution is 2.29. The molecule has 0 bridgehead atoms. The number of anilines is 1. The maximum atomic E-state index is 11.3. The Labute approximate surface area is 421 Å². The molecule has 7 heteroatoms. The van der Waals surface area contributed by atoms with E-state index in [0.717, 1.165) is 24.2 Å². The lowest BCUT2D eigenvalue weighted by atomic mass is 10.0. The van der Waals surface area contributed by atoms with Crippen LogP contribution in [0.25, 0.3) is 24.3 Å². The molecule has 7 nitrogen and oxygen atoms in total. The van der Waals surface area contributed by atoms with E-state index in [9.17, 15) is 20.2 Å². The standard InChI is InChI=1S/C62H97N3O4/c1-3-5-7-9-11-13-15-17-19-21-23-25-27-29-31-33-35-37-53-63(54-38-36-34-32-30-28-26-24-22-20-18-16-14-12-10-8-6-4-2)60-50-47-58(48-51-60)44-43-56-39-41-57(42-40-56)45-46-59-49-52-61(64(66)67)62(55-59)65(68)69/h39-52,55H,3-38,53-54H2,1-2H3. The molecule has 3 aromatic rings. The summed E-state index contributed by atoms with van der Waals surface area (Å²) in [5.41, 5.74) is 4.03. The first kappa shape index (κ1) is 59.1. The minimum atomic E-state index is -0.728. The van der Waals surface area contributed by atoms with Crippen molar-refractivity contribution in [3.05, 3.63) is 109 Å². The van der Waals surface area contributed by atoms with Crippen molar-refractivity contribution < 1.29 is 9.85 Å². The molecular formula is C62H97N3O4. The first-order chi connectivity index (χ1) is 33.9. The highest BCUT2D eigenvalue weighted by molar-refractivity contribution is 5.74. The molecular weight excluding hydrogens is 851 g/mol. The summed E-state index contributed by atoms with van der Waals surface area (Å²) in [6.45, 7) is 6.86. The highest BCUT2D eigenvalue weighted by Gasteiger charge is 2.23. The molecule has 3 rings (SSSR count). The molecule has 384 valence electrons. The van der Waals surface area contributed by atoms with Crippen LogP contribution in [0.3, 0.4) is 0 Å². The molecule has 0 aliphatic rings. The summed E-state index contributed by atoms with van der Waals surface area (Å²) in [5.74, 6) is 0. The van der Waals surface area contributed by atoms with Gasteiger partial charge in [0, 0.05) is 30.9 Å². The predicted molar refractivity (Wildman–Crippen MR) is 300 cm³/mol. The average molecular weight is 948 g/mol. The fraction of sp³-hybridized carbons (Fsp3) is 0.645. The summed E-state index contributed by atoms with van der Waals surface area (Å²) in [5, 5.41) is 22.5. The zero-order chi connectivity index (χ0) is 49.3. The van der Waals surface area contributed by atoms with Crippen molar-refractivity contribution in [2.75, 3.05) is 18.0 Å². The Morgan fingerprint density at radius 2 is 0.580 bits per heavy atom. The molecule has 0 radical (unpaired) electrons. The lowest BCUT2D eigenvalue weighted by Gasteiger charge is -2.25. The smallest absolute Gasteiger partial charge is 0.346 e. The number of hydrogen-bond acceptors (Lipinski definition) is 5. The van der Waals surface area contributed by atoms with Crippen LogP contribution in [-0.2, 0) is 0 Å². The van der Waals surface area contributed by atoms with E-state index in [1.165, 1.54) is 261 Å². The van der Waals surface area contributed by atoms with Gasteiger partial charge in [-0.1, -0.05) is 293 Å². The molecule has 0 heterocycles. The molecule has 0 saturated carbocycles. The SMILES string of the molecule is CCCCCCCCCCCCCCCCCCCCN(CCCCCCCCCCCCCCCCCCCC)c1ccc(C=Cc2ccc(C=Cc3ccc([N+](=O)[O-])c([N+](=O)[O-])c3)cc2)cc1. The first-order valence-electron chi connectivity index (χ1n) is 28.6. The average Bonchev–Trinajstić information content (AvgIpc) is 3.36. The molecule has 0 atom stereocenters. The van der Waals surface area contributed by atoms with Crippen molar-refractivity contribution in [2.45, 2.75) is 245 Å². The van der Waals surface area contributed by atoms with Gasteiger partial charge in [-0.25, -0.2) is 0 Å². The van der Waals surface area contributed by atoms with Crippen LogP contribution in [0.2, 0.25) is 0 Å². The first-order valence-corrected chi connectivity index (χ1v) is 28.6. The second kappa shape index (κ2) is 40.5. The van der Waals surface area contributed by atoms with Crippen LogP contribution >= 0.6 is 0 Å². The van der Waals surface area contributed by atoms with E-state index < -0.39 is 21.2 Å². The van der Waals surface area contributed by atoms with Crippen LogP contribution in [0, 0.1) is 20.2 Å². The van der Waals surface area contributed by atoms with E-state index in [-0.39, 0.29) is 0 Å². The topological polar surface area (TPSA) is 89.5 Å². The third kappa shape index (κ3) is 29.5. The Morgan fingerprint density at radius 1 is 0.333 bits per heavy atom. The number of nitro groups is 2. The van der Waals surface area contributed by atoms with Crippen LogP contribution in [0.1, 0.15) is 267 Å². The van der Waals surface area contributed by atoms with Gasteiger partial charge in [0.15, 0.2) is 0 Å². The van der Waals surface area contributed by atoms with E-state index in [1.54, 1.807) is 6.08 Å². The van der Waals surface area contributed by atoms with E-state index in [1.807, 2.05) is 30.3 Å². The Hall–Kier alpha value is -4.26. The molecule has 0 aliphatic heterocycles. The summed E-state index contributed by atoms with van der Waals surface area (Å²) in [6, 6.07) is 21.1. The number of nitrogens with zero attached hydrogens (tertiary/aromatic N) is 3. The lowest BCUT2D eigenvalue weighted by Crippen LogP contribution is -2.25. The molecule has 0 N–H and O–H groups in total. The zero-order valence-electron chi connectivity index (χ0n) is 44.0. The summed E-state index contributed by atoms with van der Waals surface area (Å²) in [6.07, 6.45) is 58.4. The number of unbranched alkanes of at least 4 members (excludes halogenated alkanes) is 34. The van der Waals surface area contributed by atoms with Crippen molar-refractivity contribution in [2.24, 2.45) is 0 Å². The van der Waals surface area contributed by atoms with Gasteiger partial charge in [0.2, 0.25) is 0 Å². The minimum Gasteiger partial charge on any atom is -0.372 e. The third-order valence-electron chi connectivity index (χ3n) is 14.1. The van der Waals surface area contributed by atoms with Crippen molar-refractivity contribution in [1.29, 1.82) is 0 Å². The molecule has 0 unspecified atom stereocenters. The molecule has 0 fully saturated rings. The number of nitro benzene ring substituents is 2. The Balaban J connectivity index is 1.38. The van der Waals surface area contributed by atoms with Gasteiger partial charge < -0.3 is 4.90 Å². The van der Waals surface area contributed by atoms with Crippen molar-refractivity contribution in [1.82, 2.24) is 0 Å². The largest absolute Gasteiger partial charge is 0.372 e. The second-order valence-corrected chi connectivity index (χ2v) is 20.2. The molecule has 0 saturated heterocycles. The number of benzene rings is 3. The fourth-order valence-corrected chi connectivity index (χ4v) is 9.62. The highest BCUT2D eigenvalue weighted by atomic mass is 16.6. The minimum absolute atomic E-state index is 0.507. The lowest BCUT2D eigenvalue weighted by molar-refractivity contribution is -0.422. The van der Waals surface area contributed by atoms with Gasteiger partial charge in [-0.2, -0.15) is 0 Å². The van der Waals surface area contributed by atoms with E-state index in [4.69, 9.17) is 0 Å². The van der Waals surface area contributed by atoms with Crippen LogP contribution in [0.5, 0.6) is 0 Å². The Morgan fingerprint density at radius 3 is 0.870 bits per heavy atom. The maximum absolute atomic E-state index is 11.3. The number of hydrogen-bond donors (Lipinski definition) is 0. The van der Waals surface area contributed by atoms with Gasteiger partial charge >= 0.3 is 11.4 Å². The third-order valence-corrected chi connectivity index (χ3v) is 14.1. The molecule has 0 amide bonds. The van der Waals surface area contributed by atoms with E-state index >= 15 is 0 Å². The van der Waals surface area contributed by atoms with Gasteiger partial charge in [0.25, 0.3) is 0 Å². The van der Waals surface area contributed by atoms with Crippen molar-refractivity contribution in [3.63, 3.8) is 0 Å². The maximum Gasteiger partial charge on any atom is 0.346 e. The Kier molecular flexibility index (Phi) is 34.6. The second-order valence-electron chi connectivity index (χ2n) is 20.2. The molecule has 3 aromatic carbocycles. The van der Waals surface area contributed by atoms with Gasteiger partial charge in [-0.3, -0.25) is 20.2 Å². The molecule has 0 spiro atoms. The van der Waals surface area contributed by atoms with Gasteiger partial charge in [-0.15, -0.1) is 0 Å². The predicted octanol–water partition coefficient (Wildman–Crippen LogP) is 20.7. The summed E-state index contributed by atoms with van der Waals surface area (Å²) < 4.78 is 0. The quantitative estimate of drug-likeness (QED) is 0.0244. The summed E-state index contributed by atoms with van der Waals surface area (Å²) >= 11 is 0. The van der Waals surface area contributed by atoms with Crippen LogP contribution in [0.15, 0.2) is 66.7 Å². The monoisotopic (exact) mass is 948 g/mol. The Bertz CT molecular complexity index is 1750.